The van der Waals surface area contributed by atoms with Crippen LogP contribution in [0, 0.1) is 0 Å². The van der Waals surface area contributed by atoms with Crippen molar-refractivity contribution in [2.75, 3.05) is 20.6 Å². The molecule has 0 fully saturated rings. The van der Waals surface area contributed by atoms with E-state index < -0.39 is 10.0 Å². The van der Waals surface area contributed by atoms with Gasteiger partial charge in [-0.3, -0.25) is 4.99 Å². The molecule has 27 heavy (non-hydrogen) atoms. The van der Waals surface area contributed by atoms with Gasteiger partial charge in [-0.1, -0.05) is 35.9 Å². The van der Waals surface area contributed by atoms with Crippen molar-refractivity contribution in [3.63, 3.8) is 0 Å². The Kier molecular flexibility index (Phi) is 10.9. The molecule has 0 saturated carbocycles. The predicted octanol–water partition coefficient (Wildman–Crippen LogP) is 2.91. The summed E-state index contributed by atoms with van der Waals surface area (Å²) in [6, 6.07) is 7.58. The minimum atomic E-state index is -3.26. The number of benzene rings is 1. The Labute approximate surface area is 180 Å². The van der Waals surface area contributed by atoms with Crippen LogP contribution in [-0.4, -0.2) is 35.0 Å². The fraction of sp³-hybridized carbons (Fsp3) is 0.526. The second kappa shape index (κ2) is 12.4. The van der Waals surface area contributed by atoms with Gasteiger partial charge in [0, 0.05) is 20.1 Å². The Morgan fingerprint density at radius 2 is 1.96 bits per heavy atom. The topological polar surface area (TPSA) is 82.6 Å². The van der Waals surface area contributed by atoms with Crippen LogP contribution >= 0.6 is 24.0 Å². The molecule has 152 valence electrons. The van der Waals surface area contributed by atoms with Crippen LogP contribution in [0.4, 0.5) is 0 Å². The molecular weight excluding hydrogens is 475 g/mol. The third-order valence-electron chi connectivity index (χ3n) is 4.47. The van der Waals surface area contributed by atoms with Gasteiger partial charge in [0.15, 0.2) is 5.96 Å². The first-order valence-corrected chi connectivity index (χ1v) is 10.8. The van der Waals surface area contributed by atoms with Crippen LogP contribution < -0.4 is 15.4 Å². The molecule has 0 unspecified atom stereocenters. The number of aliphatic imine (C=N–C) groups is 1. The molecule has 1 aromatic rings. The fourth-order valence-corrected chi connectivity index (χ4v) is 3.76. The molecule has 1 aliphatic rings. The van der Waals surface area contributed by atoms with Crippen molar-refractivity contribution in [3.8, 4) is 0 Å². The Bertz CT molecular complexity index is 748. The predicted molar refractivity (Wildman–Crippen MR) is 123 cm³/mol. The monoisotopic (exact) mass is 506 g/mol. The van der Waals surface area contributed by atoms with Crippen molar-refractivity contribution in [1.29, 1.82) is 0 Å². The van der Waals surface area contributed by atoms with Gasteiger partial charge in [-0.2, -0.15) is 0 Å². The lowest BCUT2D eigenvalue weighted by atomic mass is 9.97. The van der Waals surface area contributed by atoms with Gasteiger partial charge in [-0.25, -0.2) is 13.1 Å². The molecular formula is C19H31IN4O2S. The molecule has 0 aromatic heterocycles. The lowest BCUT2D eigenvalue weighted by molar-refractivity contribution is 0.587. The second-order valence-electron chi connectivity index (χ2n) is 6.49. The van der Waals surface area contributed by atoms with E-state index in [9.17, 15) is 8.42 Å². The van der Waals surface area contributed by atoms with Crippen molar-refractivity contribution < 1.29 is 8.42 Å². The van der Waals surface area contributed by atoms with E-state index in [4.69, 9.17) is 0 Å². The van der Waals surface area contributed by atoms with Crippen LogP contribution in [-0.2, 0) is 22.3 Å². The van der Waals surface area contributed by atoms with Crippen molar-refractivity contribution in [1.82, 2.24) is 15.4 Å². The quantitative estimate of drug-likeness (QED) is 0.219. The van der Waals surface area contributed by atoms with Gasteiger partial charge in [-0.15, -0.1) is 24.0 Å². The van der Waals surface area contributed by atoms with Gasteiger partial charge in [0.2, 0.25) is 10.0 Å². The van der Waals surface area contributed by atoms with E-state index in [0.29, 0.717) is 6.54 Å². The summed E-state index contributed by atoms with van der Waals surface area (Å²) >= 11 is 0. The highest BCUT2D eigenvalue weighted by atomic mass is 127. The molecule has 6 nitrogen and oxygen atoms in total. The summed E-state index contributed by atoms with van der Waals surface area (Å²) < 4.78 is 25.7. The van der Waals surface area contributed by atoms with Gasteiger partial charge in [0.25, 0.3) is 0 Å². The molecule has 0 spiro atoms. The summed E-state index contributed by atoms with van der Waals surface area (Å²) in [5.41, 5.74) is 3.33. The molecule has 0 heterocycles. The summed E-state index contributed by atoms with van der Waals surface area (Å²) in [7, 11) is -0.0744. The number of hydrogen-bond donors (Lipinski definition) is 3. The van der Waals surface area contributed by atoms with E-state index in [0.717, 1.165) is 30.1 Å². The average molecular weight is 506 g/mol. The third-order valence-corrected chi connectivity index (χ3v) is 5.80. The van der Waals surface area contributed by atoms with Gasteiger partial charge >= 0.3 is 0 Å². The fourth-order valence-electron chi connectivity index (χ4n) is 3.00. The largest absolute Gasteiger partial charge is 0.356 e. The highest BCUT2D eigenvalue weighted by Gasteiger charge is 2.09. The number of sulfonamides is 1. The van der Waals surface area contributed by atoms with Gasteiger partial charge in [0.05, 0.1) is 5.75 Å². The van der Waals surface area contributed by atoms with E-state index in [-0.39, 0.29) is 29.7 Å². The van der Waals surface area contributed by atoms with E-state index >= 15 is 0 Å². The van der Waals surface area contributed by atoms with E-state index in [2.05, 4.69) is 26.4 Å². The smallest absolute Gasteiger partial charge is 0.215 e. The molecule has 0 radical (unpaired) electrons. The summed E-state index contributed by atoms with van der Waals surface area (Å²) in [4.78, 5) is 4.25. The van der Waals surface area contributed by atoms with Gasteiger partial charge < -0.3 is 10.6 Å². The molecule has 2 rings (SSSR count). The summed E-state index contributed by atoms with van der Waals surface area (Å²) in [6.45, 7) is 1.46. The lowest BCUT2D eigenvalue weighted by Gasteiger charge is -2.15. The number of hydrogen-bond acceptors (Lipinski definition) is 3. The standard InChI is InChI=1S/C19H30N4O2S.HI/c1-20-19(22-12-11-16-7-4-3-5-8-16)23-14-17-9-6-10-18(13-17)15-26(24,25)21-2;/h6-7,9-10,13,21H,3-5,8,11-12,14-15H2,1-2H3,(H2,20,22,23);1H. The van der Waals surface area contributed by atoms with Crippen molar-refractivity contribution in [3.05, 3.63) is 47.0 Å². The molecule has 1 aromatic carbocycles. The normalized spacial score (nSPS) is 14.9. The molecule has 0 aliphatic heterocycles. The first kappa shape index (κ1) is 23.9. The van der Waals surface area contributed by atoms with E-state index in [1.54, 1.807) is 7.05 Å². The number of nitrogens with one attached hydrogen (secondary N) is 3. The zero-order valence-corrected chi connectivity index (χ0v) is 19.3. The maximum atomic E-state index is 11.7. The first-order valence-electron chi connectivity index (χ1n) is 9.14. The highest BCUT2D eigenvalue weighted by Crippen LogP contribution is 2.19. The van der Waals surface area contributed by atoms with E-state index in [1.807, 2.05) is 24.3 Å². The van der Waals surface area contributed by atoms with Crippen molar-refractivity contribution in [2.24, 2.45) is 4.99 Å². The van der Waals surface area contributed by atoms with Crippen LogP contribution in [0.1, 0.15) is 43.2 Å². The van der Waals surface area contributed by atoms with Crippen LogP contribution in [0.3, 0.4) is 0 Å². The molecule has 0 amide bonds. The molecule has 3 N–H and O–H groups in total. The molecule has 0 saturated heterocycles. The minimum absolute atomic E-state index is 0. The lowest BCUT2D eigenvalue weighted by Crippen LogP contribution is -2.37. The van der Waals surface area contributed by atoms with Crippen LogP contribution in [0.25, 0.3) is 0 Å². The first-order chi connectivity index (χ1) is 12.5. The number of halogens is 1. The maximum Gasteiger partial charge on any atom is 0.215 e. The molecule has 8 heteroatoms. The summed E-state index contributed by atoms with van der Waals surface area (Å²) in [5, 5.41) is 6.62. The SMILES string of the molecule is CN=C(NCCC1=CCCCC1)NCc1cccc(CS(=O)(=O)NC)c1.I. The molecule has 0 atom stereocenters. The van der Waals surface area contributed by atoms with Crippen molar-refractivity contribution >= 4 is 40.0 Å². The van der Waals surface area contributed by atoms with E-state index in [1.165, 1.54) is 38.3 Å². The zero-order valence-electron chi connectivity index (χ0n) is 16.1. The second-order valence-corrected chi connectivity index (χ2v) is 8.42. The maximum absolute atomic E-state index is 11.7. The van der Waals surface area contributed by atoms with Gasteiger partial charge in [-0.05, 0) is 50.3 Å². The Morgan fingerprint density at radius 3 is 2.63 bits per heavy atom. The zero-order chi connectivity index (χ0) is 18.8. The molecule has 1 aliphatic carbocycles. The van der Waals surface area contributed by atoms with Crippen LogP contribution in [0.5, 0.6) is 0 Å². The Morgan fingerprint density at radius 1 is 1.19 bits per heavy atom. The summed E-state index contributed by atoms with van der Waals surface area (Å²) in [5.74, 6) is 0.744. The number of nitrogens with zero attached hydrogens (tertiary/aromatic N) is 1. The summed E-state index contributed by atoms with van der Waals surface area (Å²) in [6.07, 6.45) is 8.47. The number of guanidine groups is 1. The van der Waals surface area contributed by atoms with Crippen molar-refractivity contribution in [2.45, 2.75) is 44.4 Å². The number of rotatable bonds is 8. The highest BCUT2D eigenvalue weighted by molar-refractivity contribution is 14.0. The molecule has 0 bridgehead atoms. The van der Waals surface area contributed by atoms with Gasteiger partial charge in [0.1, 0.15) is 0 Å². The minimum Gasteiger partial charge on any atom is -0.356 e. The number of allylic oxidation sites excluding steroid dienone is 1. The average Bonchev–Trinajstić information content (AvgIpc) is 2.65. The third kappa shape index (κ3) is 9.07. The Balaban J connectivity index is 0.00000364. The Hall–Kier alpha value is -1.13. The van der Waals surface area contributed by atoms with Crippen LogP contribution in [0.2, 0.25) is 0 Å². The van der Waals surface area contributed by atoms with Crippen LogP contribution in [0.15, 0.2) is 40.9 Å².